The number of carbonyl (C=O) groups excluding carboxylic acids is 1. The average molecular weight is 274 g/mol. The lowest BCUT2D eigenvalue weighted by Crippen LogP contribution is -2.15. The van der Waals surface area contributed by atoms with E-state index in [4.69, 9.17) is 10.00 Å². The third-order valence-corrected chi connectivity index (χ3v) is 2.56. The summed E-state index contributed by atoms with van der Waals surface area (Å²) in [7, 11) is 2.61. The molecule has 0 fully saturated rings. The van der Waals surface area contributed by atoms with Crippen LogP contribution in [0.15, 0.2) is 23.3 Å². The number of aromatic amines is 1. The summed E-state index contributed by atoms with van der Waals surface area (Å²) in [5.41, 5.74) is -0.305. The Morgan fingerprint density at radius 1 is 1.50 bits per heavy atom. The Morgan fingerprint density at radius 3 is 2.85 bits per heavy atom. The molecular weight excluding hydrogens is 264 g/mol. The van der Waals surface area contributed by atoms with E-state index in [1.54, 1.807) is 0 Å². The van der Waals surface area contributed by atoms with Crippen LogP contribution in [0.2, 0.25) is 0 Å². The number of aromatic nitrogens is 3. The zero-order valence-corrected chi connectivity index (χ0v) is 10.7. The molecule has 102 valence electrons. The van der Waals surface area contributed by atoms with Crippen LogP contribution in [0.25, 0.3) is 5.82 Å². The number of H-pyrrole nitrogens is 1. The Hall–Kier alpha value is -3.08. The Labute approximate surface area is 113 Å². The van der Waals surface area contributed by atoms with Crippen molar-refractivity contribution in [3.05, 3.63) is 40.2 Å². The molecule has 0 aliphatic carbocycles. The van der Waals surface area contributed by atoms with E-state index in [1.807, 2.05) is 6.07 Å². The van der Waals surface area contributed by atoms with Gasteiger partial charge in [0, 0.05) is 12.3 Å². The second-order valence-corrected chi connectivity index (χ2v) is 3.69. The molecule has 1 N–H and O–H groups in total. The van der Waals surface area contributed by atoms with Gasteiger partial charge in [0.2, 0.25) is 0 Å². The molecule has 0 saturated carbocycles. The molecule has 0 aliphatic rings. The first-order chi connectivity index (χ1) is 9.60. The predicted molar refractivity (Wildman–Crippen MR) is 66.8 cm³/mol. The van der Waals surface area contributed by atoms with Gasteiger partial charge in [-0.1, -0.05) is 0 Å². The number of hydrogen-bond donors (Lipinski definition) is 1. The van der Waals surface area contributed by atoms with Crippen molar-refractivity contribution in [2.45, 2.75) is 0 Å². The summed E-state index contributed by atoms with van der Waals surface area (Å²) in [6.07, 6.45) is 2.55. The number of pyridine rings is 1. The number of imidazole rings is 1. The lowest BCUT2D eigenvalue weighted by atomic mass is 10.3. The Bertz CT molecular complexity index is 754. The normalized spacial score (nSPS) is 9.85. The standard InChI is InChI=1S/C12H10N4O4/c1-19-9-3-10(14-5-7(9)4-13)16-6-8(11(17)20-2)15-12(16)18/h3,5-6H,1-2H3,(H,15,18). The number of ether oxygens (including phenoxy) is 2. The van der Waals surface area contributed by atoms with Crippen LogP contribution in [-0.2, 0) is 4.74 Å². The Morgan fingerprint density at radius 2 is 2.25 bits per heavy atom. The molecule has 0 saturated heterocycles. The number of methoxy groups -OCH3 is 2. The van der Waals surface area contributed by atoms with E-state index in [0.717, 1.165) is 4.57 Å². The molecule has 0 aromatic carbocycles. The molecular formula is C12H10N4O4. The van der Waals surface area contributed by atoms with Crippen LogP contribution in [0.5, 0.6) is 5.75 Å². The van der Waals surface area contributed by atoms with Crippen LogP contribution in [0.3, 0.4) is 0 Å². The lowest BCUT2D eigenvalue weighted by molar-refractivity contribution is 0.0594. The van der Waals surface area contributed by atoms with E-state index in [9.17, 15) is 9.59 Å². The Balaban J connectivity index is 2.52. The fraction of sp³-hybridized carbons (Fsp3) is 0.167. The van der Waals surface area contributed by atoms with Gasteiger partial charge in [-0.15, -0.1) is 0 Å². The predicted octanol–water partition coefficient (Wildman–Crippen LogP) is 0.227. The van der Waals surface area contributed by atoms with Gasteiger partial charge in [0.1, 0.15) is 28.9 Å². The fourth-order valence-corrected chi connectivity index (χ4v) is 1.59. The second-order valence-electron chi connectivity index (χ2n) is 3.69. The quantitative estimate of drug-likeness (QED) is 0.802. The van der Waals surface area contributed by atoms with Gasteiger partial charge in [-0.05, 0) is 0 Å². The molecule has 0 aliphatic heterocycles. The topological polar surface area (TPSA) is 110 Å². The minimum atomic E-state index is -0.665. The van der Waals surface area contributed by atoms with Crippen LogP contribution in [-0.4, -0.2) is 34.7 Å². The first kappa shape index (κ1) is 13.4. The highest BCUT2D eigenvalue weighted by atomic mass is 16.5. The van der Waals surface area contributed by atoms with E-state index in [-0.39, 0.29) is 22.8 Å². The van der Waals surface area contributed by atoms with E-state index >= 15 is 0 Å². The van der Waals surface area contributed by atoms with Gasteiger partial charge in [0.15, 0.2) is 0 Å². The second kappa shape index (κ2) is 5.27. The highest BCUT2D eigenvalue weighted by Crippen LogP contribution is 2.18. The highest BCUT2D eigenvalue weighted by Gasteiger charge is 2.14. The largest absolute Gasteiger partial charge is 0.495 e. The molecule has 2 aromatic heterocycles. The number of esters is 1. The van der Waals surface area contributed by atoms with E-state index in [2.05, 4.69) is 14.7 Å². The minimum absolute atomic E-state index is 0.00243. The summed E-state index contributed by atoms with van der Waals surface area (Å²) >= 11 is 0. The van der Waals surface area contributed by atoms with Gasteiger partial charge < -0.3 is 9.47 Å². The summed E-state index contributed by atoms with van der Waals surface area (Å²) in [4.78, 5) is 29.4. The smallest absolute Gasteiger partial charge is 0.356 e. The van der Waals surface area contributed by atoms with Crippen molar-refractivity contribution < 1.29 is 14.3 Å². The molecule has 0 atom stereocenters. The van der Waals surface area contributed by atoms with Crippen LogP contribution in [0, 0.1) is 11.3 Å². The summed E-state index contributed by atoms with van der Waals surface area (Å²) in [5, 5.41) is 8.87. The first-order valence-corrected chi connectivity index (χ1v) is 5.45. The molecule has 2 aromatic rings. The number of nitrogens with zero attached hydrogens (tertiary/aromatic N) is 3. The monoisotopic (exact) mass is 274 g/mol. The van der Waals surface area contributed by atoms with Crippen molar-refractivity contribution in [1.29, 1.82) is 5.26 Å². The van der Waals surface area contributed by atoms with Crippen molar-refractivity contribution in [3.63, 3.8) is 0 Å². The van der Waals surface area contributed by atoms with Crippen LogP contribution >= 0.6 is 0 Å². The average Bonchev–Trinajstić information content (AvgIpc) is 2.87. The summed E-state index contributed by atoms with van der Waals surface area (Å²) in [6.45, 7) is 0. The van der Waals surface area contributed by atoms with Gasteiger partial charge in [0.25, 0.3) is 0 Å². The molecule has 2 rings (SSSR count). The summed E-state index contributed by atoms with van der Waals surface area (Å²) in [5.74, 6) is -0.163. The maximum Gasteiger partial charge on any atom is 0.356 e. The highest BCUT2D eigenvalue weighted by molar-refractivity contribution is 5.86. The van der Waals surface area contributed by atoms with Crippen molar-refractivity contribution in [1.82, 2.24) is 14.5 Å². The molecule has 0 spiro atoms. The van der Waals surface area contributed by atoms with Gasteiger partial charge in [-0.3, -0.25) is 9.55 Å². The van der Waals surface area contributed by atoms with Crippen molar-refractivity contribution >= 4 is 5.97 Å². The van der Waals surface area contributed by atoms with Gasteiger partial charge in [-0.25, -0.2) is 14.6 Å². The van der Waals surface area contributed by atoms with Gasteiger partial charge in [-0.2, -0.15) is 5.26 Å². The van der Waals surface area contributed by atoms with Gasteiger partial charge in [0.05, 0.1) is 20.4 Å². The third-order valence-electron chi connectivity index (χ3n) is 2.56. The number of nitriles is 1. The molecule has 8 nitrogen and oxygen atoms in total. The van der Waals surface area contributed by atoms with Crippen LogP contribution in [0.4, 0.5) is 0 Å². The third kappa shape index (κ3) is 2.24. The maximum absolute atomic E-state index is 11.8. The zero-order chi connectivity index (χ0) is 14.7. The molecule has 0 bridgehead atoms. The number of carbonyl (C=O) groups is 1. The zero-order valence-electron chi connectivity index (χ0n) is 10.7. The molecule has 0 radical (unpaired) electrons. The van der Waals surface area contributed by atoms with Crippen molar-refractivity contribution in [2.24, 2.45) is 0 Å². The van der Waals surface area contributed by atoms with E-state index in [1.165, 1.54) is 32.7 Å². The van der Waals surface area contributed by atoms with Gasteiger partial charge >= 0.3 is 11.7 Å². The SMILES string of the molecule is COC(=O)c1cn(-c2cc(OC)c(C#N)cn2)c(=O)[nH]1. The minimum Gasteiger partial charge on any atom is -0.495 e. The molecule has 0 unspecified atom stereocenters. The van der Waals surface area contributed by atoms with Crippen molar-refractivity contribution in [3.8, 4) is 17.6 Å². The van der Waals surface area contributed by atoms with Crippen LogP contribution in [0.1, 0.15) is 16.1 Å². The maximum atomic E-state index is 11.8. The van der Waals surface area contributed by atoms with Crippen molar-refractivity contribution in [2.75, 3.05) is 14.2 Å². The number of nitrogens with one attached hydrogen (secondary N) is 1. The molecule has 0 amide bonds. The fourth-order valence-electron chi connectivity index (χ4n) is 1.59. The summed E-state index contributed by atoms with van der Waals surface area (Å²) < 4.78 is 10.7. The van der Waals surface area contributed by atoms with E-state index < -0.39 is 11.7 Å². The lowest BCUT2D eigenvalue weighted by Gasteiger charge is -2.05. The first-order valence-electron chi connectivity index (χ1n) is 5.45. The van der Waals surface area contributed by atoms with E-state index in [0.29, 0.717) is 0 Å². The molecule has 20 heavy (non-hydrogen) atoms. The van der Waals surface area contributed by atoms with Crippen LogP contribution < -0.4 is 10.4 Å². The Kier molecular flexibility index (Phi) is 3.52. The number of hydrogen-bond acceptors (Lipinski definition) is 6. The number of rotatable bonds is 3. The molecule has 2 heterocycles. The molecule has 8 heteroatoms. The summed E-state index contributed by atoms with van der Waals surface area (Å²) in [6, 6.07) is 3.34.